The quantitative estimate of drug-likeness (QED) is 0.172. The maximum absolute atomic E-state index is 12.1. The third kappa shape index (κ3) is 6.86. The Hall–Kier alpha value is -4.31. The van der Waals surface area contributed by atoms with E-state index in [1.54, 1.807) is 14.0 Å². The van der Waals surface area contributed by atoms with Gasteiger partial charge in [0.2, 0.25) is 6.19 Å². The molecule has 0 atom stereocenters. The van der Waals surface area contributed by atoms with Crippen LogP contribution in [0.1, 0.15) is 30.5 Å². The number of hydrogen-bond donors (Lipinski definition) is 0. The molecule has 0 aliphatic carbocycles. The average Bonchev–Trinajstić information content (AvgIpc) is 2.88. The van der Waals surface area contributed by atoms with Crippen molar-refractivity contribution < 1.29 is 19.0 Å². The highest BCUT2D eigenvalue weighted by molar-refractivity contribution is 5.80. The van der Waals surface area contributed by atoms with Crippen LogP contribution < -0.4 is 9.47 Å². The SMILES string of the molecule is CCOC(=O)Cc1ccc(OC)c(-c2ccc(C)cc2CN(CC)C(=NC#N)Oc2ccccc2)c1. The maximum Gasteiger partial charge on any atom is 0.310 e. The first kappa shape index (κ1) is 26.3. The molecule has 36 heavy (non-hydrogen) atoms. The van der Waals surface area contributed by atoms with E-state index in [-0.39, 0.29) is 18.4 Å². The zero-order chi connectivity index (χ0) is 25.9. The molecule has 3 aromatic rings. The van der Waals surface area contributed by atoms with Crippen molar-refractivity contribution in [3.05, 3.63) is 83.4 Å². The minimum Gasteiger partial charge on any atom is -0.496 e. The fourth-order valence-corrected chi connectivity index (χ4v) is 3.89. The van der Waals surface area contributed by atoms with Gasteiger partial charge < -0.3 is 19.1 Å². The molecule has 0 unspecified atom stereocenters. The zero-order valence-electron chi connectivity index (χ0n) is 21.2. The topological polar surface area (TPSA) is 84.2 Å². The Balaban J connectivity index is 2.00. The number of aryl methyl sites for hydroxylation is 1. The van der Waals surface area contributed by atoms with Crippen LogP contribution in [-0.4, -0.2) is 37.2 Å². The summed E-state index contributed by atoms with van der Waals surface area (Å²) in [5.41, 5.74) is 4.76. The minimum absolute atomic E-state index is 0.178. The first-order valence-corrected chi connectivity index (χ1v) is 11.9. The van der Waals surface area contributed by atoms with Gasteiger partial charge in [0.05, 0.1) is 20.1 Å². The van der Waals surface area contributed by atoms with Crippen molar-refractivity contribution in [1.29, 1.82) is 5.26 Å². The summed E-state index contributed by atoms with van der Waals surface area (Å²) < 4.78 is 16.8. The van der Waals surface area contributed by atoms with Gasteiger partial charge in [-0.25, -0.2) is 0 Å². The summed E-state index contributed by atoms with van der Waals surface area (Å²) in [6, 6.07) is 21.4. The number of nitriles is 1. The highest BCUT2D eigenvalue weighted by Gasteiger charge is 2.18. The van der Waals surface area contributed by atoms with Gasteiger partial charge in [-0.3, -0.25) is 4.79 Å². The van der Waals surface area contributed by atoms with Crippen molar-refractivity contribution in [1.82, 2.24) is 4.90 Å². The molecule has 0 amide bonds. The second kappa shape index (κ2) is 13.0. The van der Waals surface area contributed by atoms with E-state index in [4.69, 9.17) is 14.2 Å². The Morgan fingerprint density at radius 1 is 1.03 bits per heavy atom. The summed E-state index contributed by atoms with van der Waals surface area (Å²) in [6.45, 7) is 7.17. The van der Waals surface area contributed by atoms with E-state index in [0.717, 1.165) is 27.8 Å². The molecule has 3 aromatic carbocycles. The number of methoxy groups -OCH3 is 1. The molecule has 0 radical (unpaired) electrons. The summed E-state index contributed by atoms with van der Waals surface area (Å²) in [4.78, 5) is 17.9. The number of para-hydroxylation sites is 1. The van der Waals surface area contributed by atoms with E-state index in [1.165, 1.54) is 0 Å². The third-order valence-corrected chi connectivity index (χ3v) is 5.58. The summed E-state index contributed by atoms with van der Waals surface area (Å²) in [5, 5.41) is 9.31. The molecule has 7 nitrogen and oxygen atoms in total. The fourth-order valence-electron chi connectivity index (χ4n) is 3.89. The number of benzene rings is 3. The number of aliphatic imine (C=N–C) groups is 1. The molecule has 0 aliphatic heterocycles. The molecule has 0 aromatic heterocycles. The molecule has 3 rings (SSSR count). The Kier molecular flexibility index (Phi) is 9.47. The second-order valence-electron chi connectivity index (χ2n) is 8.10. The van der Waals surface area contributed by atoms with Crippen LogP contribution in [0.3, 0.4) is 0 Å². The van der Waals surface area contributed by atoms with Gasteiger partial charge in [0.1, 0.15) is 11.5 Å². The lowest BCUT2D eigenvalue weighted by molar-refractivity contribution is -0.142. The zero-order valence-corrected chi connectivity index (χ0v) is 21.2. The lowest BCUT2D eigenvalue weighted by atomic mass is 9.94. The average molecular weight is 486 g/mol. The van der Waals surface area contributed by atoms with Gasteiger partial charge in [-0.2, -0.15) is 5.26 Å². The van der Waals surface area contributed by atoms with Crippen LogP contribution in [-0.2, 0) is 22.5 Å². The number of carbonyl (C=O) groups is 1. The van der Waals surface area contributed by atoms with Gasteiger partial charge >= 0.3 is 12.0 Å². The molecule has 0 spiro atoms. The number of hydrogen-bond acceptors (Lipinski definition) is 6. The first-order chi connectivity index (χ1) is 17.5. The number of amidine groups is 1. The van der Waals surface area contributed by atoms with Crippen molar-refractivity contribution in [2.75, 3.05) is 20.3 Å². The predicted octanol–water partition coefficient (Wildman–Crippen LogP) is 5.51. The Morgan fingerprint density at radius 2 is 1.81 bits per heavy atom. The van der Waals surface area contributed by atoms with Gasteiger partial charge in [-0.15, -0.1) is 4.99 Å². The number of rotatable bonds is 9. The Bertz CT molecular complexity index is 1250. The summed E-state index contributed by atoms with van der Waals surface area (Å²) in [7, 11) is 1.63. The molecule has 0 heterocycles. The van der Waals surface area contributed by atoms with Crippen molar-refractivity contribution in [3.8, 4) is 28.8 Å². The van der Waals surface area contributed by atoms with Crippen LogP contribution in [0.25, 0.3) is 11.1 Å². The predicted molar refractivity (Wildman–Crippen MR) is 140 cm³/mol. The van der Waals surface area contributed by atoms with Crippen LogP contribution in [0, 0.1) is 18.4 Å². The lowest BCUT2D eigenvalue weighted by Gasteiger charge is -2.25. The summed E-state index contributed by atoms with van der Waals surface area (Å²) in [5.74, 6) is 1.02. The molecular weight excluding hydrogens is 454 g/mol. The highest BCUT2D eigenvalue weighted by Crippen LogP contribution is 2.35. The van der Waals surface area contributed by atoms with Crippen LogP contribution in [0.15, 0.2) is 71.7 Å². The van der Waals surface area contributed by atoms with Crippen molar-refractivity contribution in [2.24, 2.45) is 4.99 Å². The Labute approximate surface area is 212 Å². The Morgan fingerprint density at radius 3 is 2.47 bits per heavy atom. The second-order valence-corrected chi connectivity index (χ2v) is 8.10. The van der Waals surface area contributed by atoms with Gasteiger partial charge in [0.25, 0.3) is 0 Å². The first-order valence-electron chi connectivity index (χ1n) is 11.9. The molecule has 186 valence electrons. The monoisotopic (exact) mass is 485 g/mol. The maximum atomic E-state index is 12.1. The van der Waals surface area contributed by atoms with E-state index in [0.29, 0.717) is 31.2 Å². The van der Waals surface area contributed by atoms with Gasteiger partial charge in [0, 0.05) is 18.7 Å². The molecule has 0 bridgehead atoms. The molecular formula is C29H31N3O4. The fraction of sp³-hybridized carbons (Fsp3) is 0.276. The van der Waals surface area contributed by atoms with E-state index >= 15 is 0 Å². The molecule has 0 saturated carbocycles. The van der Waals surface area contributed by atoms with Crippen molar-refractivity contribution in [3.63, 3.8) is 0 Å². The largest absolute Gasteiger partial charge is 0.496 e. The van der Waals surface area contributed by atoms with Crippen LogP contribution >= 0.6 is 0 Å². The van der Waals surface area contributed by atoms with E-state index in [1.807, 2.05) is 85.6 Å². The standard InChI is InChI=1S/C29H31N3O4/c1-5-32(29(31-20-30)36-24-10-8-7-9-11-24)19-23-16-21(3)12-14-25(23)26-17-22(13-15-27(26)34-4)18-28(33)35-6-2/h7-17H,5-6,18-19H2,1-4H3. The van der Waals surface area contributed by atoms with Gasteiger partial charge in [-0.1, -0.05) is 48.0 Å². The number of carbonyl (C=O) groups excluding carboxylic acids is 1. The van der Waals surface area contributed by atoms with E-state index < -0.39 is 0 Å². The highest BCUT2D eigenvalue weighted by atomic mass is 16.5. The summed E-state index contributed by atoms with van der Waals surface area (Å²) >= 11 is 0. The van der Waals surface area contributed by atoms with E-state index in [9.17, 15) is 10.1 Å². The molecule has 7 heteroatoms. The number of esters is 1. The number of nitrogens with zero attached hydrogens (tertiary/aromatic N) is 3. The van der Waals surface area contributed by atoms with E-state index in [2.05, 4.69) is 11.1 Å². The van der Waals surface area contributed by atoms with Crippen LogP contribution in [0.5, 0.6) is 11.5 Å². The molecule has 0 fully saturated rings. The molecule has 0 saturated heterocycles. The van der Waals surface area contributed by atoms with Crippen LogP contribution in [0.2, 0.25) is 0 Å². The van der Waals surface area contributed by atoms with Crippen molar-refractivity contribution in [2.45, 2.75) is 33.7 Å². The van der Waals surface area contributed by atoms with Crippen molar-refractivity contribution >= 4 is 12.0 Å². The molecule has 0 N–H and O–H groups in total. The number of ether oxygens (including phenoxy) is 3. The minimum atomic E-state index is -0.273. The van der Waals surface area contributed by atoms with Gasteiger partial charge in [-0.05, 0) is 61.7 Å². The summed E-state index contributed by atoms with van der Waals surface area (Å²) in [6.07, 6.45) is 2.04. The normalized spacial score (nSPS) is 10.9. The van der Waals surface area contributed by atoms with Crippen LogP contribution in [0.4, 0.5) is 0 Å². The van der Waals surface area contributed by atoms with Gasteiger partial charge in [0.15, 0.2) is 0 Å². The third-order valence-electron chi connectivity index (χ3n) is 5.58. The molecule has 0 aliphatic rings. The smallest absolute Gasteiger partial charge is 0.310 e. The lowest BCUT2D eigenvalue weighted by Crippen LogP contribution is -2.34.